The molecular formula is C29H30BrN3O4. The number of halogens is 1. The molecule has 1 unspecified atom stereocenters. The number of hydrogen-bond acceptors (Lipinski definition) is 5. The molecule has 0 radical (unpaired) electrons. The zero-order valence-corrected chi connectivity index (χ0v) is 22.3. The van der Waals surface area contributed by atoms with Gasteiger partial charge in [-0.2, -0.15) is 0 Å². The average molecular weight is 564 g/mol. The Balaban J connectivity index is 1.42. The summed E-state index contributed by atoms with van der Waals surface area (Å²) in [5.41, 5.74) is 3.32. The van der Waals surface area contributed by atoms with Crippen LogP contribution in [0.2, 0.25) is 0 Å². The molecule has 1 N–H and O–H groups in total. The summed E-state index contributed by atoms with van der Waals surface area (Å²) in [6.45, 7) is 3.73. The first-order valence-corrected chi connectivity index (χ1v) is 13.4. The van der Waals surface area contributed by atoms with Crippen LogP contribution in [0, 0.1) is 0 Å². The van der Waals surface area contributed by atoms with Gasteiger partial charge >= 0.3 is 6.09 Å². The predicted octanol–water partition coefficient (Wildman–Crippen LogP) is 5.85. The number of aromatic nitrogens is 2. The summed E-state index contributed by atoms with van der Waals surface area (Å²) in [6, 6.07) is 22.0. The van der Waals surface area contributed by atoms with Crippen LogP contribution in [0.4, 0.5) is 4.79 Å². The molecule has 3 aromatic carbocycles. The lowest BCUT2D eigenvalue weighted by Gasteiger charge is -2.31. The quantitative estimate of drug-likeness (QED) is 0.305. The second-order valence-corrected chi connectivity index (χ2v) is 10.2. The summed E-state index contributed by atoms with van der Waals surface area (Å²) in [5.74, 6) is 0.138. The minimum atomic E-state index is -0.914. The highest BCUT2D eigenvalue weighted by molar-refractivity contribution is 9.10. The van der Waals surface area contributed by atoms with E-state index < -0.39 is 6.10 Å². The number of aliphatic hydroxyl groups is 1. The standard InChI is InChI=1S/C29H30BrN3O4/c1-2-36-29(35)32-14-12-22(13-15-32)26-18-33(37-19-20-6-4-3-5-7-20)31-27(26)28(34)23-9-8-21-10-11-25(30)17-24(21)16-23/h3-11,16-18,22,28,34H,2,12-15,19H2,1H3. The van der Waals surface area contributed by atoms with Crippen LogP contribution in [-0.2, 0) is 11.3 Å². The van der Waals surface area contributed by atoms with Crippen molar-refractivity contribution in [1.29, 1.82) is 0 Å². The van der Waals surface area contributed by atoms with Gasteiger partial charge in [-0.15, -0.1) is 9.94 Å². The fourth-order valence-corrected chi connectivity index (χ4v) is 5.22. The fourth-order valence-electron chi connectivity index (χ4n) is 4.84. The molecule has 5 rings (SSSR count). The van der Waals surface area contributed by atoms with Crippen molar-refractivity contribution in [2.24, 2.45) is 0 Å². The second kappa shape index (κ2) is 11.4. The number of carbonyl (C=O) groups excluding carboxylic acids is 1. The van der Waals surface area contributed by atoms with Crippen molar-refractivity contribution in [3.05, 3.63) is 99.8 Å². The summed E-state index contributed by atoms with van der Waals surface area (Å²) < 4.78 is 6.16. The Hall–Kier alpha value is -3.36. The third-order valence-electron chi connectivity index (χ3n) is 6.82. The van der Waals surface area contributed by atoms with Gasteiger partial charge in [0.15, 0.2) is 0 Å². The maximum Gasteiger partial charge on any atom is 0.409 e. The molecule has 37 heavy (non-hydrogen) atoms. The van der Waals surface area contributed by atoms with Crippen molar-refractivity contribution in [3.63, 3.8) is 0 Å². The molecule has 192 valence electrons. The van der Waals surface area contributed by atoms with Crippen LogP contribution in [0.1, 0.15) is 54.2 Å². The first-order chi connectivity index (χ1) is 18.0. The van der Waals surface area contributed by atoms with Gasteiger partial charge in [0.25, 0.3) is 0 Å². The number of nitrogens with zero attached hydrogens (tertiary/aromatic N) is 3. The fraction of sp³-hybridized carbons (Fsp3) is 0.310. The van der Waals surface area contributed by atoms with Gasteiger partial charge in [0, 0.05) is 23.1 Å². The molecular weight excluding hydrogens is 534 g/mol. The van der Waals surface area contributed by atoms with E-state index >= 15 is 0 Å². The zero-order chi connectivity index (χ0) is 25.8. The molecule has 1 saturated heterocycles. The molecule has 1 aliphatic rings. The number of carbonyl (C=O) groups is 1. The lowest BCUT2D eigenvalue weighted by Crippen LogP contribution is -2.38. The lowest BCUT2D eigenvalue weighted by atomic mass is 9.87. The third kappa shape index (κ3) is 5.81. The number of piperidine rings is 1. The van der Waals surface area contributed by atoms with E-state index in [2.05, 4.69) is 21.0 Å². The molecule has 0 spiro atoms. The highest BCUT2D eigenvalue weighted by Gasteiger charge is 2.30. The molecule has 0 saturated carbocycles. The molecule has 4 aromatic rings. The second-order valence-electron chi connectivity index (χ2n) is 9.24. The molecule has 1 aromatic heterocycles. The molecule has 1 atom stereocenters. The van der Waals surface area contributed by atoms with Gasteiger partial charge in [-0.1, -0.05) is 64.5 Å². The van der Waals surface area contributed by atoms with Gasteiger partial charge in [-0.25, -0.2) is 4.79 Å². The highest BCUT2D eigenvalue weighted by Crippen LogP contribution is 2.35. The SMILES string of the molecule is CCOC(=O)N1CCC(c2cn(OCc3ccccc3)nc2C(O)c2ccc3ccc(Br)cc3c2)CC1. The summed E-state index contributed by atoms with van der Waals surface area (Å²) in [4.78, 5) is 21.4. The van der Waals surface area contributed by atoms with E-state index in [9.17, 15) is 9.90 Å². The van der Waals surface area contributed by atoms with Crippen LogP contribution in [-0.4, -0.2) is 45.7 Å². The van der Waals surface area contributed by atoms with Crippen molar-refractivity contribution in [1.82, 2.24) is 14.8 Å². The number of fused-ring (bicyclic) bond motifs is 1. The number of rotatable bonds is 7. The maximum absolute atomic E-state index is 12.2. The summed E-state index contributed by atoms with van der Waals surface area (Å²) in [5, 5.41) is 18.3. The van der Waals surface area contributed by atoms with Crippen molar-refractivity contribution in [2.75, 3.05) is 19.7 Å². The number of aliphatic hydroxyl groups excluding tert-OH is 1. The smallest absolute Gasteiger partial charge is 0.409 e. The number of amides is 1. The molecule has 1 amide bonds. The Morgan fingerprint density at radius 3 is 2.59 bits per heavy atom. The van der Waals surface area contributed by atoms with Crippen LogP contribution in [0.15, 0.2) is 77.4 Å². The Morgan fingerprint density at radius 1 is 1.08 bits per heavy atom. The van der Waals surface area contributed by atoms with Gasteiger partial charge in [0.05, 0.1) is 12.8 Å². The van der Waals surface area contributed by atoms with Gasteiger partial charge in [-0.05, 0) is 65.8 Å². The zero-order valence-electron chi connectivity index (χ0n) is 20.7. The minimum absolute atomic E-state index is 0.138. The van der Waals surface area contributed by atoms with Crippen LogP contribution in [0.25, 0.3) is 10.8 Å². The van der Waals surface area contributed by atoms with Crippen LogP contribution < -0.4 is 4.84 Å². The first-order valence-electron chi connectivity index (χ1n) is 12.6. The monoisotopic (exact) mass is 563 g/mol. The normalized spacial score (nSPS) is 15.1. The molecule has 7 nitrogen and oxygen atoms in total. The van der Waals surface area contributed by atoms with Crippen molar-refractivity contribution in [2.45, 2.75) is 38.4 Å². The molecule has 0 bridgehead atoms. The molecule has 0 aliphatic carbocycles. The van der Waals surface area contributed by atoms with Gasteiger partial charge < -0.3 is 19.6 Å². The van der Waals surface area contributed by atoms with E-state index in [0.717, 1.165) is 44.8 Å². The van der Waals surface area contributed by atoms with Crippen molar-refractivity contribution < 1.29 is 19.5 Å². The highest BCUT2D eigenvalue weighted by atomic mass is 79.9. The summed E-state index contributed by atoms with van der Waals surface area (Å²) in [6.07, 6.45) is 2.21. The summed E-state index contributed by atoms with van der Waals surface area (Å²) in [7, 11) is 0. The topological polar surface area (TPSA) is 76.8 Å². The van der Waals surface area contributed by atoms with E-state index in [1.54, 1.807) is 4.90 Å². The van der Waals surface area contributed by atoms with Crippen LogP contribution >= 0.6 is 15.9 Å². The summed E-state index contributed by atoms with van der Waals surface area (Å²) >= 11 is 3.54. The van der Waals surface area contributed by atoms with E-state index in [-0.39, 0.29) is 12.0 Å². The van der Waals surface area contributed by atoms with E-state index in [1.807, 2.05) is 79.9 Å². The van der Waals surface area contributed by atoms with Gasteiger partial charge in [0.1, 0.15) is 18.4 Å². The van der Waals surface area contributed by atoms with Crippen LogP contribution in [0.3, 0.4) is 0 Å². The Morgan fingerprint density at radius 2 is 1.84 bits per heavy atom. The molecule has 1 fully saturated rings. The lowest BCUT2D eigenvalue weighted by molar-refractivity contribution is 0.0667. The van der Waals surface area contributed by atoms with Gasteiger partial charge in [0.2, 0.25) is 0 Å². The first kappa shape index (κ1) is 25.3. The third-order valence-corrected chi connectivity index (χ3v) is 7.31. The van der Waals surface area contributed by atoms with Gasteiger partial charge in [-0.3, -0.25) is 0 Å². The Labute approximate surface area is 224 Å². The number of ether oxygens (including phenoxy) is 1. The molecule has 2 heterocycles. The maximum atomic E-state index is 12.2. The molecule has 8 heteroatoms. The minimum Gasteiger partial charge on any atom is -0.450 e. The Kier molecular flexibility index (Phi) is 7.76. The number of likely N-dealkylation sites (tertiary alicyclic amines) is 1. The predicted molar refractivity (Wildman–Crippen MR) is 145 cm³/mol. The molecule has 1 aliphatic heterocycles. The van der Waals surface area contributed by atoms with E-state index in [1.165, 1.54) is 4.85 Å². The van der Waals surface area contributed by atoms with E-state index in [4.69, 9.17) is 9.57 Å². The number of hydrogen-bond donors (Lipinski definition) is 1. The van der Waals surface area contributed by atoms with Crippen LogP contribution in [0.5, 0.6) is 0 Å². The number of benzene rings is 3. The largest absolute Gasteiger partial charge is 0.450 e. The van der Waals surface area contributed by atoms with Crippen molar-refractivity contribution in [3.8, 4) is 0 Å². The Bertz CT molecular complexity index is 1370. The van der Waals surface area contributed by atoms with E-state index in [0.29, 0.717) is 32.0 Å². The van der Waals surface area contributed by atoms with Crippen molar-refractivity contribution >= 4 is 32.8 Å². The average Bonchev–Trinajstić information content (AvgIpc) is 3.36.